The van der Waals surface area contributed by atoms with E-state index in [0.717, 1.165) is 0 Å². The minimum Gasteiger partial charge on any atom is -0.370 e. The summed E-state index contributed by atoms with van der Waals surface area (Å²) in [5.74, 6) is -0.864. The molecule has 0 saturated heterocycles. The molecule has 0 aliphatic carbocycles. The fraction of sp³-hybridized carbons (Fsp3) is 0.333. The Morgan fingerprint density at radius 2 is 2.19 bits per heavy atom. The fourth-order valence-corrected chi connectivity index (χ4v) is 2.31. The van der Waals surface area contributed by atoms with E-state index < -0.39 is 11.7 Å². The number of nitrogens with zero attached hydrogens (tertiary/aromatic N) is 1. The standard InChI is InChI=1S/C15H17FN2O3/c1-21-9-18-8-10(3-2-4-14(17)19)15(20)12-7-11(16)5-6-13(12)18/h5-8H,2-4,9H2,1H3,(H2,17,19). The Bertz CT molecular complexity index is 725. The van der Waals surface area contributed by atoms with Crippen LogP contribution >= 0.6 is 0 Å². The van der Waals surface area contributed by atoms with Crippen molar-refractivity contribution in [3.63, 3.8) is 0 Å². The number of rotatable bonds is 6. The Balaban J connectivity index is 2.47. The molecule has 2 N–H and O–H groups in total. The van der Waals surface area contributed by atoms with Gasteiger partial charge >= 0.3 is 0 Å². The Kier molecular flexibility index (Phi) is 4.70. The highest BCUT2D eigenvalue weighted by Crippen LogP contribution is 2.15. The van der Waals surface area contributed by atoms with Crippen molar-refractivity contribution in [2.24, 2.45) is 5.73 Å². The number of halogens is 1. The molecule has 0 bridgehead atoms. The third kappa shape index (κ3) is 3.46. The molecule has 1 aromatic heterocycles. The molecule has 0 saturated carbocycles. The molecule has 0 spiro atoms. The SMILES string of the molecule is COCn1cc(CCCC(N)=O)c(=O)c2cc(F)ccc21. The minimum absolute atomic E-state index is 0.213. The van der Waals surface area contributed by atoms with E-state index in [2.05, 4.69) is 0 Å². The molecule has 5 nitrogen and oxygen atoms in total. The number of amides is 1. The van der Waals surface area contributed by atoms with E-state index in [-0.39, 0.29) is 18.6 Å². The normalized spacial score (nSPS) is 11.0. The van der Waals surface area contributed by atoms with Gasteiger partial charge in [0.15, 0.2) is 5.43 Å². The third-order valence-corrected chi connectivity index (χ3v) is 3.25. The Morgan fingerprint density at radius 3 is 2.86 bits per heavy atom. The summed E-state index contributed by atoms with van der Waals surface area (Å²) in [5, 5.41) is 0.309. The van der Waals surface area contributed by atoms with Gasteiger partial charge in [-0.25, -0.2) is 4.39 Å². The lowest BCUT2D eigenvalue weighted by Gasteiger charge is -2.12. The molecule has 1 aromatic carbocycles. The van der Waals surface area contributed by atoms with Crippen molar-refractivity contribution in [3.05, 3.63) is 46.0 Å². The van der Waals surface area contributed by atoms with Gasteiger partial charge in [0, 0.05) is 30.7 Å². The quantitative estimate of drug-likeness (QED) is 0.878. The number of methoxy groups -OCH3 is 1. The molecule has 0 atom stereocenters. The van der Waals surface area contributed by atoms with E-state index in [1.165, 1.54) is 12.1 Å². The van der Waals surface area contributed by atoms with Gasteiger partial charge in [-0.15, -0.1) is 0 Å². The van der Waals surface area contributed by atoms with Gasteiger partial charge in [-0.3, -0.25) is 9.59 Å². The van der Waals surface area contributed by atoms with Gasteiger partial charge in [0.05, 0.1) is 5.52 Å². The van der Waals surface area contributed by atoms with Crippen LogP contribution in [0.2, 0.25) is 0 Å². The average molecular weight is 292 g/mol. The van der Waals surface area contributed by atoms with E-state index in [1.807, 2.05) is 0 Å². The molecular formula is C15H17FN2O3. The molecule has 0 fully saturated rings. The number of benzene rings is 1. The molecule has 1 amide bonds. The predicted molar refractivity (Wildman–Crippen MR) is 77.3 cm³/mol. The van der Waals surface area contributed by atoms with Gasteiger partial charge in [-0.1, -0.05) is 0 Å². The molecule has 2 aromatic rings. The molecule has 0 aliphatic rings. The van der Waals surface area contributed by atoms with E-state index in [4.69, 9.17) is 10.5 Å². The van der Waals surface area contributed by atoms with Crippen molar-refractivity contribution in [2.75, 3.05) is 7.11 Å². The highest BCUT2D eigenvalue weighted by atomic mass is 19.1. The van der Waals surface area contributed by atoms with Crippen LogP contribution in [0.4, 0.5) is 4.39 Å². The van der Waals surface area contributed by atoms with Gasteiger partial charge in [0.2, 0.25) is 5.91 Å². The summed E-state index contributed by atoms with van der Waals surface area (Å²) in [5.41, 5.74) is 6.00. The van der Waals surface area contributed by atoms with E-state index in [1.54, 1.807) is 23.9 Å². The zero-order valence-corrected chi connectivity index (χ0v) is 11.8. The Hall–Kier alpha value is -2.21. The lowest BCUT2D eigenvalue weighted by Crippen LogP contribution is -2.17. The topological polar surface area (TPSA) is 74.3 Å². The summed E-state index contributed by atoms with van der Waals surface area (Å²) in [6.45, 7) is 0.255. The minimum atomic E-state index is -0.460. The zero-order chi connectivity index (χ0) is 15.4. The summed E-state index contributed by atoms with van der Waals surface area (Å²) in [6, 6.07) is 4.08. The second-order valence-corrected chi connectivity index (χ2v) is 4.85. The van der Waals surface area contributed by atoms with Crippen molar-refractivity contribution in [3.8, 4) is 0 Å². The summed E-state index contributed by atoms with van der Waals surface area (Å²) < 4.78 is 20.2. The molecule has 0 unspecified atom stereocenters. The second-order valence-electron chi connectivity index (χ2n) is 4.85. The summed E-state index contributed by atoms with van der Waals surface area (Å²) in [7, 11) is 1.54. The Labute approximate surface area is 121 Å². The first-order chi connectivity index (χ1) is 10.0. The molecule has 0 radical (unpaired) electrons. The van der Waals surface area contributed by atoms with Crippen LogP contribution in [0, 0.1) is 5.82 Å². The van der Waals surface area contributed by atoms with E-state index >= 15 is 0 Å². The van der Waals surface area contributed by atoms with Gasteiger partial charge in [-0.2, -0.15) is 0 Å². The number of hydrogen-bond acceptors (Lipinski definition) is 3. The number of aryl methyl sites for hydroxylation is 1. The lowest BCUT2D eigenvalue weighted by molar-refractivity contribution is -0.118. The number of hydrogen-bond donors (Lipinski definition) is 1. The highest BCUT2D eigenvalue weighted by Gasteiger charge is 2.10. The summed E-state index contributed by atoms with van der Waals surface area (Å²) in [4.78, 5) is 23.1. The first-order valence-corrected chi connectivity index (χ1v) is 6.61. The largest absolute Gasteiger partial charge is 0.370 e. The number of carbonyl (C=O) groups excluding carboxylic acids is 1. The van der Waals surface area contributed by atoms with Crippen LogP contribution in [0.1, 0.15) is 18.4 Å². The number of nitrogens with two attached hydrogens (primary N) is 1. The van der Waals surface area contributed by atoms with Crippen molar-refractivity contribution in [1.29, 1.82) is 0 Å². The van der Waals surface area contributed by atoms with Gasteiger partial charge in [0.25, 0.3) is 0 Å². The number of fused-ring (bicyclic) bond motifs is 1. The number of aromatic nitrogens is 1. The molecular weight excluding hydrogens is 275 g/mol. The first-order valence-electron chi connectivity index (χ1n) is 6.61. The van der Waals surface area contributed by atoms with Crippen molar-refractivity contribution < 1.29 is 13.9 Å². The highest BCUT2D eigenvalue weighted by molar-refractivity contribution is 5.79. The zero-order valence-electron chi connectivity index (χ0n) is 11.8. The number of carbonyl (C=O) groups is 1. The van der Waals surface area contributed by atoms with Crippen LogP contribution in [0.25, 0.3) is 10.9 Å². The van der Waals surface area contributed by atoms with Crippen LogP contribution in [0.15, 0.2) is 29.2 Å². The number of pyridine rings is 1. The van der Waals surface area contributed by atoms with Crippen LogP contribution in [-0.2, 0) is 22.7 Å². The lowest BCUT2D eigenvalue weighted by atomic mass is 10.1. The van der Waals surface area contributed by atoms with Crippen LogP contribution in [-0.4, -0.2) is 17.6 Å². The summed E-state index contributed by atoms with van der Waals surface area (Å²) in [6.07, 6.45) is 2.80. The van der Waals surface area contributed by atoms with Crippen molar-refractivity contribution >= 4 is 16.8 Å². The van der Waals surface area contributed by atoms with E-state index in [0.29, 0.717) is 29.3 Å². The maximum absolute atomic E-state index is 13.4. The van der Waals surface area contributed by atoms with Gasteiger partial charge in [-0.05, 0) is 31.0 Å². The van der Waals surface area contributed by atoms with Crippen LogP contribution < -0.4 is 11.2 Å². The van der Waals surface area contributed by atoms with E-state index in [9.17, 15) is 14.0 Å². The average Bonchev–Trinajstić information content (AvgIpc) is 2.43. The maximum atomic E-state index is 13.4. The van der Waals surface area contributed by atoms with Crippen LogP contribution in [0.3, 0.4) is 0 Å². The molecule has 112 valence electrons. The maximum Gasteiger partial charge on any atom is 0.217 e. The Morgan fingerprint density at radius 1 is 1.43 bits per heavy atom. The summed E-state index contributed by atoms with van der Waals surface area (Å²) >= 11 is 0. The third-order valence-electron chi connectivity index (χ3n) is 3.25. The molecule has 6 heteroatoms. The predicted octanol–water partition coefficient (Wildman–Crippen LogP) is 1.55. The second kappa shape index (κ2) is 6.49. The smallest absolute Gasteiger partial charge is 0.217 e. The molecule has 2 rings (SSSR count). The number of ether oxygens (including phenoxy) is 1. The monoisotopic (exact) mass is 292 g/mol. The fourth-order valence-electron chi connectivity index (χ4n) is 2.31. The van der Waals surface area contributed by atoms with Gasteiger partial charge < -0.3 is 15.0 Å². The van der Waals surface area contributed by atoms with Crippen LogP contribution in [0.5, 0.6) is 0 Å². The van der Waals surface area contributed by atoms with Gasteiger partial charge in [0.1, 0.15) is 12.5 Å². The number of primary amides is 1. The van der Waals surface area contributed by atoms with Crippen molar-refractivity contribution in [1.82, 2.24) is 4.57 Å². The van der Waals surface area contributed by atoms with Crippen molar-refractivity contribution in [2.45, 2.75) is 26.0 Å². The molecule has 0 aliphatic heterocycles. The molecule has 1 heterocycles. The molecule has 21 heavy (non-hydrogen) atoms. The first kappa shape index (κ1) is 15.2.